The second-order valence-electron chi connectivity index (χ2n) is 12.2. The van der Waals surface area contributed by atoms with Crippen molar-refractivity contribution >= 4 is 12.0 Å². The minimum Gasteiger partial charge on any atom is -0.456 e. The number of para-hydroxylation sites is 1. The number of aromatic amines is 2. The number of alkyl carbamates (subject to hydrolysis) is 1. The highest BCUT2D eigenvalue weighted by Gasteiger charge is 2.37. The summed E-state index contributed by atoms with van der Waals surface area (Å²) >= 11 is 0. The van der Waals surface area contributed by atoms with Gasteiger partial charge in [-0.1, -0.05) is 38.1 Å². The Labute approximate surface area is 280 Å². The fourth-order valence-corrected chi connectivity index (χ4v) is 6.03. The van der Waals surface area contributed by atoms with Crippen LogP contribution < -0.4 is 15.4 Å². The molecule has 0 saturated carbocycles. The van der Waals surface area contributed by atoms with Crippen LogP contribution in [0.5, 0.6) is 11.5 Å². The maximum absolute atomic E-state index is 13.6. The van der Waals surface area contributed by atoms with Crippen LogP contribution in [0.3, 0.4) is 0 Å². The summed E-state index contributed by atoms with van der Waals surface area (Å²) in [6.45, 7) is 5.38. The molecule has 2 saturated heterocycles. The van der Waals surface area contributed by atoms with Crippen molar-refractivity contribution in [1.82, 2.24) is 35.5 Å². The van der Waals surface area contributed by atoms with Crippen LogP contribution in [0.1, 0.15) is 74.5 Å². The second kappa shape index (κ2) is 14.9. The number of benzene rings is 2. The Morgan fingerprint density at radius 1 is 0.979 bits per heavy atom. The molecule has 11 heteroatoms. The maximum atomic E-state index is 13.6. The van der Waals surface area contributed by atoms with Crippen molar-refractivity contribution in [3.05, 3.63) is 83.8 Å². The van der Waals surface area contributed by atoms with Crippen molar-refractivity contribution < 1.29 is 19.1 Å². The van der Waals surface area contributed by atoms with Gasteiger partial charge in [0.2, 0.25) is 5.91 Å². The van der Waals surface area contributed by atoms with Crippen LogP contribution in [0.25, 0.3) is 11.3 Å². The molecule has 0 unspecified atom stereocenters. The quantitative estimate of drug-likeness (QED) is 0.187. The van der Waals surface area contributed by atoms with Crippen LogP contribution in [0.4, 0.5) is 4.79 Å². The number of rotatable bonds is 8. The number of carbonyl (C=O) groups is 2. The normalized spacial score (nSPS) is 17.6. The number of aromatic nitrogens is 4. The van der Waals surface area contributed by atoms with Crippen LogP contribution in [-0.2, 0) is 9.53 Å². The fourth-order valence-electron chi connectivity index (χ4n) is 6.03. The topological polar surface area (TPSA) is 137 Å². The molecule has 4 N–H and O–H groups in total. The van der Waals surface area contributed by atoms with Gasteiger partial charge < -0.3 is 35.0 Å². The minimum atomic E-state index is -0.699. The molecule has 2 aromatic heterocycles. The zero-order chi connectivity index (χ0) is 33.5. The summed E-state index contributed by atoms with van der Waals surface area (Å²) in [6, 6.07) is 14.6. The molecule has 2 aliphatic rings. The van der Waals surface area contributed by atoms with Crippen LogP contribution in [0.15, 0.2) is 60.9 Å². The number of hydrogen-bond donors (Lipinski definition) is 4. The molecule has 48 heavy (non-hydrogen) atoms. The molecule has 0 radical (unpaired) electrons. The molecule has 0 bridgehead atoms. The number of nitrogens with zero attached hydrogens (tertiary/aromatic N) is 3. The van der Waals surface area contributed by atoms with E-state index < -0.39 is 12.1 Å². The molecule has 4 aromatic rings. The first kappa shape index (κ1) is 32.4. The first-order valence-corrected chi connectivity index (χ1v) is 16.3. The third-order valence-corrected chi connectivity index (χ3v) is 8.54. The van der Waals surface area contributed by atoms with E-state index in [0.717, 1.165) is 55.0 Å². The first-order chi connectivity index (χ1) is 23.4. The summed E-state index contributed by atoms with van der Waals surface area (Å²) < 4.78 is 11.0. The predicted octanol–water partition coefficient (Wildman–Crippen LogP) is 5.46. The summed E-state index contributed by atoms with van der Waals surface area (Å²) in [5.41, 5.74) is 3.04. The predicted molar refractivity (Wildman–Crippen MR) is 181 cm³/mol. The number of methoxy groups -OCH3 is 1. The fraction of sp³-hybridized carbons (Fsp3) is 0.351. The number of H-pyrrole nitrogens is 2. The number of imidazole rings is 2. The van der Waals surface area contributed by atoms with Crippen molar-refractivity contribution in [2.24, 2.45) is 5.92 Å². The van der Waals surface area contributed by atoms with E-state index in [4.69, 9.17) is 9.47 Å². The van der Waals surface area contributed by atoms with Crippen molar-refractivity contribution in [3.8, 4) is 46.4 Å². The highest BCUT2D eigenvalue weighted by molar-refractivity contribution is 5.86. The molecular formula is C37H39N7O4. The molecule has 246 valence electrons. The van der Waals surface area contributed by atoms with Crippen LogP contribution in [0.2, 0.25) is 0 Å². The molecule has 3 atom stereocenters. The van der Waals surface area contributed by atoms with Crippen molar-refractivity contribution in [2.75, 3.05) is 20.2 Å². The van der Waals surface area contributed by atoms with Gasteiger partial charge in [-0.25, -0.2) is 14.8 Å². The van der Waals surface area contributed by atoms with E-state index in [1.165, 1.54) is 7.11 Å². The zero-order valence-corrected chi connectivity index (χ0v) is 27.3. The van der Waals surface area contributed by atoms with E-state index in [0.29, 0.717) is 29.4 Å². The molecular weight excluding hydrogens is 606 g/mol. The number of hydrogen-bond acceptors (Lipinski definition) is 7. The number of carbonyl (C=O) groups excluding carboxylic acids is 2. The van der Waals surface area contributed by atoms with Gasteiger partial charge in [0.15, 0.2) is 0 Å². The summed E-state index contributed by atoms with van der Waals surface area (Å²) in [4.78, 5) is 43.2. The zero-order valence-electron chi connectivity index (χ0n) is 27.3. The second-order valence-corrected chi connectivity index (χ2v) is 12.2. The van der Waals surface area contributed by atoms with E-state index >= 15 is 0 Å². The lowest BCUT2D eigenvalue weighted by atomic mass is 10.0. The lowest BCUT2D eigenvalue weighted by Gasteiger charge is -2.30. The van der Waals surface area contributed by atoms with Crippen LogP contribution in [0, 0.1) is 29.6 Å². The Bertz CT molecular complexity index is 1870. The summed E-state index contributed by atoms with van der Waals surface area (Å²) in [7, 11) is 1.29. The molecule has 11 nitrogen and oxygen atoms in total. The maximum Gasteiger partial charge on any atom is 0.407 e. The Balaban J connectivity index is 1.22. The Morgan fingerprint density at radius 3 is 2.56 bits per heavy atom. The lowest BCUT2D eigenvalue weighted by Crippen LogP contribution is -2.51. The standard InChI is InChI=1S/C37H39N7O4/c1-24(2)33(43-37(46)47-3)36(45)44-20-10-16-31(44)35-40-23-30(42-35)26-18-17-25(32(21-26)48-28-13-5-4-6-14-28)11-7-8-12-27-22-39-34(41-27)29-15-9-19-38-29/h4-6,13-14,17-18,21-24,29,31,33,38H,9-10,15-16,19-20H2,1-3H3,(H,39,41)(H,40,42)(H,43,46)/t29-,31-,33-/m0/s1. The largest absolute Gasteiger partial charge is 0.456 e. The average molecular weight is 646 g/mol. The monoisotopic (exact) mass is 645 g/mol. The van der Waals surface area contributed by atoms with E-state index in [9.17, 15) is 9.59 Å². The van der Waals surface area contributed by atoms with Gasteiger partial charge in [0.1, 0.15) is 34.9 Å². The van der Waals surface area contributed by atoms with Gasteiger partial charge in [-0.15, -0.1) is 0 Å². The van der Waals surface area contributed by atoms with E-state index in [1.807, 2.05) is 62.4 Å². The van der Waals surface area contributed by atoms with Crippen molar-refractivity contribution in [1.29, 1.82) is 0 Å². The van der Waals surface area contributed by atoms with Crippen molar-refractivity contribution in [2.45, 2.75) is 57.7 Å². The molecule has 2 fully saturated rings. The SMILES string of the molecule is COC(=O)N[C@H](C(=O)N1CCC[C@H]1c1ncc(-c2ccc(C#CC#Cc3cnc([C@@H]4CCCN4)[nH]3)c(Oc3ccccc3)c2)[nH]1)C(C)C. The Hall–Kier alpha value is -5.52. The third kappa shape index (κ3) is 7.54. The van der Waals surface area contributed by atoms with E-state index in [2.05, 4.69) is 54.3 Å². The van der Waals surface area contributed by atoms with Crippen molar-refractivity contribution in [3.63, 3.8) is 0 Å². The number of ether oxygens (including phenoxy) is 2. The molecule has 2 amide bonds. The minimum absolute atomic E-state index is 0.113. The van der Waals surface area contributed by atoms with Gasteiger partial charge in [0, 0.05) is 12.1 Å². The van der Waals surface area contributed by atoms with Gasteiger partial charge in [0.25, 0.3) is 0 Å². The van der Waals surface area contributed by atoms with Gasteiger partial charge in [-0.05, 0) is 86.1 Å². The average Bonchev–Trinajstić information content (AvgIpc) is 3.93. The lowest BCUT2D eigenvalue weighted by molar-refractivity contribution is -0.135. The van der Waals surface area contributed by atoms with Gasteiger partial charge in [-0.2, -0.15) is 0 Å². The highest BCUT2D eigenvalue weighted by atomic mass is 16.5. The Morgan fingerprint density at radius 2 is 1.79 bits per heavy atom. The van der Waals surface area contributed by atoms with E-state index in [1.54, 1.807) is 17.3 Å². The number of likely N-dealkylation sites (tertiary alicyclic amines) is 1. The van der Waals surface area contributed by atoms with E-state index in [-0.39, 0.29) is 23.9 Å². The highest BCUT2D eigenvalue weighted by Crippen LogP contribution is 2.34. The molecule has 6 rings (SSSR count). The number of nitrogens with one attached hydrogen (secondary N) is 4. The molecule has 2 aliphatic heterocycles. The summed E-state index contributed by atoms with van der Waals surface area (Å²) in [5, 5.41) is 6.12. The first-order valence-electron chi connectivity index (χ1n) is 16.3. The molecule has 0 aliphatic carbocycles. The summed E-state index contributed by atoms with van der Waals surface area (Å²) in [6.07, 6.45) is 6.67. The van der Waals surface area contributed by atoms with Gasteiger partial charge in [-0.3, -0.25) is 4.79 Å². The molecule has 0 spiro atoms. The van der Waals surface area contributed by atoms with Gasteiger partial charge >= 0.3 is 6.09 Å². The third-order valence-electron chi connectivity index (χ3n) is 8.54. The summed E-state index contributed by atoms with van der Waals surface area (Å²) in [5.74, 6) is 14.7. The molecule has 2 aromatic carbocycles. The molecule has 4 heterocycles. The van der Waals surface area contributed by atoms with Crippen LogP contribution >= 0.6 is 0 Å². The Kier molecular flexibility index (Phi) is 10.1. The number of amides is 2. The van der Waals surface area contributed by atoms with Crippen LogP contribution in [-0.4, -0.2) is 63.1 Å². The smallest absolute Gasteiger partial charge is 0.407 e. The van der Waals surface area contributed by atoms with Gasteiger partial charge in [0.05, 0.1) is 42.8 Å².